The average Bonchev–Trinajstić information content (AvgIpc) is 3.16. The number of nitrogens with zero attached hydrogens (tertiary/aromatic N) is 5. The van der Waals surface area contributed by atoms with Crippen molar-refractivity contribution in [2.24, 2.45) is 0 Å². The third kappa shape index (κ3) is 5.72. The summed E-state index contributed by atoms with van der Waals surface area (Å²) in [6.45, 7) is 10.1. The number of aromatic nitrogens is 4. The molecule has 1 aliphatic rings. The number of benzene rings is 1. The molecule has 1 fully saturated rings. The largest absolute Gasteiger partial charge is 0.494 e. The first-order chi connectivity index (χ1) is 16.5. The van der Waals surface area contributed by atoms with Crippen LogP contribution in [0.3, 0.4) is 0 Å². The summed E-state index contributed by atoms with van der Waals surface area (Å²) in [7, 11) is 0. The normalized spacial score (nSPS) is 13.7. The molecule has 1 amide bonds. The lowest BCUT2D eigenvalue weighted by atomic mass is 10.1. The molecule has 1 N–H and O–H groups in total. The van der Waals surface area contributed by atoms with Crippen molar-refractivity contribution in [1.29, 1.82) is 0 Å². The molecule has 0 radical (unpaired) electrons. The highest BCUT2D eigenvalue weighted by Crippen LogP contribution is 2.21. The minimum Gasteiger partial charge on any atom is -0.494 e. The van der Waals surface area contributed by atoms with Crippen LogP contribution in [0, 0.1) is 13.8 Å². The number of aryl methyl sites for hydroxylation is 1. The summed E-state index contributed by atoms with van der Waals surface area (Å²) in [5.41, 5.74) is 4.01. The zero-order valence-electron chi connectivity index (χ0n) is 20.1. The van der Waals surface area contributed by atoms with Gasteiger partial charge in [-0.15, -0.1) is 0 Å². The predicted octanol–water partition coefficient (Wildman–Crippen LogP) is 2.76. The van der Waals surface area contributed by atoms with E-state index in [0.717, 1.165) is 53.0 Å². The number of hydrogen-bond acceptors (Lipinski definition) is 7. The van der Waals surface area contributed by atoms with E-state index >= 15 is 0 Å². The van der Waals surface area contributed by atoms with Gasteiger partial charge in [0.05, 0.1) is 25.5 Å². The zero-order valence-corrected chi connectivity index (χ0v) is 20.1. The van der Waals surface area contributed by atoms with E-state index in [-0.39, 0.29) is 5.91 Å². The molecule has 2 aromatic heterocycles. The number of rotatable bonds is 9. The van der Waals surface area contributed by atoms with Crippen LogP contribution >= 0.6 is 0 Å². The SMILES string of the molecule is CCOc1ccc(CNC(=O)CCc2c(C)nn(-c3cc(N4CCOCC4)ncn3)c2C)cc1. The molecule has 0 atom stereocenters. The second kappa shape index (κ2) is 11.1. The van der Waals surface area contributed by atoms with Crippen molar-refractivity contribution >= 4 is 11.7 Å². The lowest BCUT2D eigenvalue weighted by Gasteiger charge is -2.27. The maximum absolute atomic E-state index is 12.5. The fourth-order valence-corrected chi connectivity index (χ4v) is 4.08. The highest BCUT2D eigenvalue weighted by molar-refractivity contribution is 5.76. The minimum absolute atomic E-state index is 0.0112. The summed E-state index contributed by atoms with van der Waals surface area (Å²) in [5, 5.41) is 7.70. The minimum atomic E-state index is 0.0112. The Kier molecular flexibility index (Phi) is 7.74. The molecule has 0 saturated carbocycles. The van der Waals surface area contributed by atoms with Gasteiger partial charge in [0.25, 0.3) is 0 Å². The number of hydrogen-bond donors (Lipinski definition) is 1. The number of carbonyl (C=O) groups is 1. The van der Waals surface area contributed by atoms with E-state index in [1.54, 1.807) is 6.33 Å². The van der Waals surface area contributed by atoms with Crippen LogP contribution < -0.4 is 15.0 Å². The lowest BCUT2D eigenvalue weighted by Crippen LogP contribution is -2.36. The summed E-state index contributed by atoms with van der Waals surface area (Å²) in [6, 6.07) is 9.73. The van der Waals surface area contributed by atoms with Crippen molar-refractivity contribution in [3.05, 3.63) is 59.2 Å². The van der Waals surface area contributed by atoms with E-state index in [4.69, 9.17) is 14.6 Å². The standard InChI is InChI=1S/C25H32N6O3/c1-4-34-21-7-5-20(6-8-21)16-26-25(32)10-9-22-18(2)29-31(19(22)3)24-15-23(27-17-28-24)30-11-13-33-14-12-30/h5-8,15,17H,4,9-14,16H2,1-3H3,(H,26,32). The van der Waals surface area contributed by atoms with Gasteiger partial charge in [-0.2, -0.15) is 5.10 Å². The van der Waals surface area contributed by atoms with Gasteiger partial charge in [0.1, 0.15) is 17.9 Å². The molecule has 0 spiro atoms. The first-order valence-electron chi connectivity index (χ1n) is 11.7. The van der Waals surface area contributed by atoms with Gasteiger partial charge in [0, 0.05) is 37.8 Å². The van der Waals surface area contributed by atoms with Gasteiger partial charge in [-0.1, -0.05) is 12.1 Å². The smallest absolute Gasteiger partial charge is 0.220 e. The second-order valence-electron chi connectivity index (χ2n) is 8.25. The summed E-state index contributed by atoms with van der Waals surface area (Å²) in [6.07, 6.45) is 2.59. The topological polar surface area (TPSA) is 94.4 Å². The fraction of sp³-hybridized carbons (Fsp3) is 0.440. The van der Waals surface area contributed by atoms with Crippen molar-refractivity contribution in [3.63, 3.8) is 0 Å². The van der Waals surface area contributed by atoms with Crippen LogP contribution in [0.5, 0.6) is 5.75 Å². The average molecular weight is 465 g/mol. The van der Waals surface area contributed by atoms with E-state index in [1.807, 2.05) is 55.8 Å². The molecule has 3 aromatic rings. The third-order valence-corrected chi connectivity index (χ3v) is 5.96. The summed E-state index contributed by atoms with van der Waals surface area (Å²) >= 11 is 0. The van der Waals surface area contributed by atoms with E-state index in [2.05, 4.69) is 20.2 Å². The van der Waals surface area contributed by atoms with Gasteiger partial charge in [-0.3, -0.25) is 4.79 Å². The van der Waals surface area contributed by atoms with Crippen molar-refractivity contribution in [2.75, 3.05) is 37.8 Å². The Labute approximate surface area is 200 Å². The molecule has 0 aliphatic carbocycles. The Balaban J connectivity index is 1.36. The van der Waals surface area contributed by atoms with Gasteiger partial charge in [0.2, 0.25) is 5.91 Å². The van der Waals surface area contributed by atoms with Crippen LogP contribution in [-0.4, -0.2) is 58.6 Å². The number of carbonyl (C=O) groups excluding carboxylic acids is 1. The molecule has 180 valence electrons. The molecule has 0 unspecified atom stereocenters. The maximum atomic E-state index is 12.5. The molecule has 4 rings (SSSR count). The molecular weight excluding hydrogens is 432 g/mol. The second-order valence-corrected chi connectivity index (χ2v) is 8.25. The van der Waals surface area contributed by atoms with Crippen LogP contribution in [0.2, 0.25) is 0 Å². The molecule has 1 saturated heterocycles. The van der Waals surface area contributed by atoms with Crippen molar-refractivity contribution < 1.29 is 14.3 Å². The molecule has 0 bridgehead atoms. The van der Waals surface area contributed by atoms with Gasteiger partial charge in [-0.25, -0.2) is 14.6 Å². The molecule has 9 heteroatoms. The molecule has 1 aromatic carbocycles. The van der Waals surface area contributed by atoms with Crippen molar-refractivity contribution in [1.82, 2.24) is 25.1 Å². The number of nitrogens with one attached hydrogen (secondary N) is 1. The quantitative estimate of drug-likeness (QED) is 0.520. The van der Waals surface area contributed by atoms with E-state index in [0.29, 0.717) is 39.2 Å². The van der Waals surface area contributed by atoms with Crippen LogP contribution in [0.1, 0.15) is 35.9 Å². The Bertz CT molecular complexity index is 1110. The summed E-state index contributed by atoms with van der Waals surface area (Å²) in [5.74, 6) is 2.44. The van der Waals surface area contributed by atoms with Crippen LogP contribution in [0.25, 0.3) is 5.82 Å². The van der Waals surface area contributed by atoms with Crippen LogP contribution in [-0.2, 0) is 22.5 Å². The van der Waals surface area contributed by atoms with Crippen LogP contribution in [0.15, 0.2) is 36.7 Å². The fourth-order valence-electron chi connectivity index (χ4n) is 4.08. The Morgan fingerprint density at radius 3 is 2.59 bits per heavy atom. The zero-order chi connectivity index (χ0) is 23.9. The van der Waals surface area contributed by atoms with E-state index in [1.165, 1.54) is 0 Å². The molecule has 34 heavy (non-hydrogen) atoms. The lowest BCUT2D eigenvalue weighted by molar-refractivity contribution is -0.121. The van der Waals surface area contributed by atoms with Gasteiger partial charge < -0.3 is 19.7 Å². The number of morpholine rings is 1. The Hall–Kier alpha value is -3.46. The maximum Gasteiger partial charge on any atom is 0.220 e. The Morgan fingerprint density at radius 2 is 1.85 bits per heavy atom. The molecule has 3 heterocycles. The predicted molar refractivity (Wildman–Crippen MR) is 129 cm³/mol. The number of amides is 1. The van der Waals surface area contributed by atoms with Gasteiger partial charge in [-0.05, 0) is 50.5 Å². The van der Waals surface area contributed by atoms with Gasteiger partial charge in [0.15, 0.2) is 5.82 Å². The first kappa shape index (κ1) is 23.7. The molecule has 1 aliphatic heterocycles. The van der Waals surface area contributed by atoms with E-state index in [9.17, 15) is 4.79 Å². The third-order valence-electron chi connectivity index (χ3n) is 5.96. The van der Waals surface area contributed by atoms with Gasteiger partial charge >= 0.3 is 0 Å². The van der Waals surface area contributed by atoms with E-state index < -0.39 is 0 Å². The summed E-state index contributed by atoms with van der Waals surface area (Å²) < 4.78 is 12.7. The van der Waals surface area contributed by atoms with Crippen LogP contribution in [0.4, 0.5) is 5.82 Å². The molecule has 9 nitrogen and oxygen atoms in total. The Morgan fingerprint density at radius 1 is 1.12 bits per heavy atom. The van der Waals surface area contributed by atoms with Crippen molar-refractivity contribution in [3.8, 4) is 11.6 Å². The highest BCUT2D eigenvalue weighted by atomic mass is 16.5. The first-order valence-corrected chi connectivity index (χ1v) is 11.7. The highest BCUT2D eigenvalue weighted by Gasteiger charge is 2.17. The number of anilines is 1. The monoisotopic (exact) mass is 464 g/mol. The van der Waals surface area contributed by atoms with Crippen molar-refractivity contribution in [2.45, 2.75) is 40.2 Å². The number of ether oxygens (including phenoxy) is 2. The molecular formula is C25H32N6O3. The summed E-state index contributed by atoms with van der Waals surface area (Å²) in [4.78, 5) is 23.5.